The summed E-state index contributed by atoms with van der Waals surface area (Å²) in [6.07, 6.45) is 0. The molecule has 0 saturated heterocycles. The number of thiazole rings is 1. The highest BCUT2D eigenvalue weighted by Gasteiger charge is 2.13. The average molecular weight is 441 g/mol. The molecule has 0 fully saturated rings. The van der Waals surface area contributed by atoms with Crippen molar-refractivity contribution in [1.82, 2.24) is 4.98 Å². The van der Waals surface area contributed by atoms with Crippen LogP contribution in [0, 0.1) is 10.1 Å². The lowest BCUT2D eigenvalue weighted by Gasteiger charge is -2.04. The zero-order valence-corrected chi connectivity index (χ0v) is 17.3. The van der Waals surface area contributed by atoms with Gasteiger partial charge >= 0.3 is 0 Å². The number of hydrogen-bond acceptors (Lipinski definition) is 8. The molecule has 0 radical (unpaired) electrons. The minimum absolute atomic E-state index is 0.00830. The Kier molecular flexibility index (Phi) is 4.72. The summed E-state index contributed by atoms with van der Waals surface area (Å²) in [6, 6.07) is 20.5. The number of anilines is 1. The summed E-state index contributed by atoms with van der Waals surface area (Å²) in [7, 11) is 0. The number of hydrogen-bond donors (Lipinski definition) is 2. The topological polar surface area (TPSA) is 127 Å². The summed E-state index contributed by atoms with van der Waals surface area (Å²) < 4.78 is 0.953. The van der Waals surface area contributed by atoms with Crippen LogP contribution in [0.15, 0.2) is 83.0 Å². The van der Waals surface area contributed by atoms with Gasteiger partial charge in [-0.1, -0.05) is 18.2 Å². The third-order valence-corrected chi connectivity index (χ3v) is 6.12. The van der Waals surface area contributed by atoms with Crippen LogP contribution in [0.4, 0.5) is 22.7 Å². The predicted molar refractivity (Wildman–Crippen MR) is 126 cm³/mol. The Hall–Kier alpha value is -4.37. The number of nitrogens with two attached hydrogens (primary N) is 1. The van der Waals surface area contributed by atoms with E-state index in [1.165, 1.54) is 35.6 Å². The zero-order chi connectivity index (χ0) is 22.2. The first kappa shape index (κ1) is 19.6. The lowest BCUT2D eigenvalue weighted by Crippen LogP contribution is -1.85. The van der Waals surface area contributed by atoms with Crippen molar-refractivity contribution in [1.29, 1.82) is 0 Å². The molecule has 1 aromatic heterocycles. The molecule has 0 amide bonds. The van der Waals surface area contributed by atoms with Gasteiger partial charge in [-0.25, -0.2) is 4.98 Å². The second-order valence-corrected chi connectivity index (χ2v) is 8.06. The van der Waals surface area contributed by atoms with Crippen molar-refractivity contribution in [2.75, 3.05) is 5.73 Å². The molecule has 156 valence electrons. The van der Waals surface area contributed by atoms with E-state index in [2.05, 4.69) is 10.2 Å². The van der Waals surface area contributed by atoms with Crippen LogP contribution in [-0.2, 0) is 0 Å². The highest BCUT2D eigenvalue weighted by atomic mass is 32.1. The molecule has 3 N–H and O–H groups in total. The molecular formula is C23H15N5O3S. The van der Waals surface area contributed by atoms with Crippen molar-refractivity contribution in [3.05, 3.63) is 82.9 Å². The average Bonchev–Trinajstić information content (AvgIpc) is 3.24. The molecule has 0 aliphatic carbocycles. The Labute approximate surface area is 185 Å². The van der Waals surface area contributed by atoms with Gasteiger partial charge in [-0.3, -0.25) is 10.1 Å². The summed E-state index contributed by atoms with van der Waals surface area (Å²) in [5, 5.41) is 32.1. The highest BCUT2D eigenvalue weighted by molar-refractivity contribution is 7.22. The lowest BCUT2D eigenvalue weighted by molar-refractivity contribution is -0.384. The van der Waals surface area contributed by atoms with Crippen molar-refractivity contribution >= 4 is 55.1 Å². The molecule has 0 aliphatic rings. The van der Waals surface area contributed by atoms with Crippen molar-refractivity contribution in [2.45, 2.75) is 0 Å². The van der Waals surface area contributed by atoms with Crippen molar-refractivity contribution in [3.63, 3.8) is 0 Å². The van der Waals surface area contributed by atoms with Crippen LogP contribution in [0.3, 0.4) is 0 Å². The number of non-ortho nitro benzene ring substituents is 1. The SMILES string of the molecule is Nc1cccc(-c2nc3ccc4c(O)c(N=Nc5ccc([N+](=O)[O-])cc5)ccc4c3s2)c1. The molecule has 0 aliphatic heterocycles. The van der Waals surface area contributed by atoms with Crippen LogP contribution in [0.5, 0.6) is 5.75 Å². The molecule has 0 saturated carbocycles. The summed E-state index contributed by atoms with van der Waals surface area (Å²) in [5.41, 5.74) is 9.07. The summed E-state index contributed by atoms with van der Waals surface area (Å²) in [4.78, 5) is 15.0. The first-order chi connectivity index (χ1) is 15.5. The van der Waals surface area contributed by atoms with Gasteiger partial charge < -0.3 is 10.8 Å². The monoisotopic (exact) mass is 441 g/mol. The van der Waals surface area contributed by atoms with Crippen LogP contribution in [0.25, 0.3) is 31.6 Å². The number of nitro groups is 1. The van der Waals surface area contributed by atoms with E-state index in [1.807, 2.05) is 36.4 Å². The fourth-order valence-corrected chi connectivity index (χ4v) is 4.48. The van der Waals surface area contributed by atoms with E-state index in [0.717, 1.165) is 26.2 Å². The van der Waals surface area contributed by atoms with Gasteiger partial charge in [0.2, 0.25) is 0 Å². The van der Waals surface area contributed by atoms with Gasteiger partial charge in [0.1, 0.15) is 10.7 Å². The number of azo groups is 1. The molecule has 8 nitrogen and oxygen atoms in total. The maximum absolute atomic E-state index is 10.8. The normalized spacial score (nSPS) is 11.5. The van der Waals surface area contributed by atoms with Gasteiger partial charge in [0.25, 0.3) is 5.69 Å². The fourth-order valence-electron chi connectivity index (χ4n) is 3.39. The van der Waals surface area contributed by atoms with E-state index in [4.69, 9.17) is 10.7 Å². The molecule has 0 unspecified atom stereocenters. The van der Waals surface area contributed by atoms with E-state index in [1.54, 1.807) is 12.1 Å². The number of nitrogens with zero attached hydrogens (tertiary/aromatic N) is 4. The number of phenols is 1. The van der Waals surface area contributed by atoms with Crippen LogP contribution in [-0.4, -0.2) is 15.0 Å². The molecule has 0 atom stereocenters. The van der Waals surface area contributed by atoms with E-state index < -0.39 is 4.92 Å². The number of phenolic OH excluding ortho intramolecular Hbond substituents is 1. The quantitative estimate of drug-likeness (QED) is 0.138. The first-order valence-electron chi connectivity index (χ1n) is 9.57. The third-order valence-electron chi connectivity index (χ3n) is 4.97. The summed E-state index contributed by atoms with van der Waals surface area (Å²) in [5.74, 6) is 0.00830. The summed E-state index contributed by atoms with van der Waals surface area (Å²) in [6.45, 7) is 0. The second-order valence-electron chi connectivity index (χ2n) is 7.06. The zero-order valence-electron chi connectivity index (χ0n) is 16.5. The maximum atomic E-state index is 10.8. The molecular weight excluding hydrogens is 426 g/mol. The van der Waals surface area contributed by atoms with Crippen LogP contribution in [0.2, 0.25) is 0 Å². The minimum atomic E-state index is -0.478. The molecule has 5 rings (SSSR count). The van der Waals surface area contributed by atoms with Gasteiger partial charge in [0, 0.05) is 34.2 Å². The lowest BCUT2D eigenvalue weighted by atomic mass is 10.1. The van der Waals surface area contributed by atoms with E-state index in [9.17, 15) is 15.2 Å². The van der Waals surface area contributed by atoms with E-state index >= 15 is 0 Å². The number of nitrogen functional groups attached to an aromatic ring is 1. The Morgan fingerprint density at radius 2 is 1.75 bits per heavy atom. The molecule has 9 heteroatoms. The van der Waals surface area contributed by atoms with Crippen molar-refractivity contribution < 1.29 is 10.0 Å². The standard InChI is InChI=1S/C23H15N5O3S/c24-14-3-1-2-13(12-14)23-25-20-11-8-17-18(22(20)32-23)9-10-19(21(17)29)27-26-15-4-6-16(7-5-15)28(30)31/h1-12,29H,24H2. The molecule has 4 aromatic carbocycles. The Bertz CT molecular complexity index is 1530. The molecule has 0 bridgehead atoms. The van der Waals surface area contributed by atoms with Gasteiger partial charge in [-0.05, 0) is 42.5 Å². The Morgan fingerprint density at radius 3 is 2.50 bits per heavy atom. The number of benzene rings is 4. The number of aromatic nitrogens is 1. The highest BCUT2D eigenvalue weighted by Crippen LogP contribution is 2.41. The van der Waals surface area contributed by atoms with Crippen molar-refractivity contribution in [3.8, 4) is 16.3 Å². The third kappa shape index (κ3) is 3.50. The van der Waals surface area contributed by atoms with Gasteiger partial charge in [-0.2, -0.15) is 5.11 Å². The van der Waals surface area contributed by atoms with E-state index in [0.29, 0.717) is 22.4 Å². The summed E-state index contributed by atoms with van der Waals surface area (Å²) >= 11 is 1.53. The molecule has 32 heavy (non-hydrogen) atoms. The van der Waals surface area contributed by atoms with Crippen LogP contribution in [0.1, 0.15) is 0 Å². The van der Waals surface area contributed by atoms with Crippen molar-refractivity contribution in [2.24, 2.45) is 10.2 Å². The number of aromatic hydroxyl groups is 1. The molecule has 0 spiro atoms. The smallest absolute Gasteiger partial charge is 0.269 e. The fraction of sp³-hybridized carbons (Fsp3) is 0. The minimum Gasteiger partial charge on any atom is -0.505 e. The number of fused-ring (bicyclic) bond motifs is 3. The second kappa shape index (κ2) is 7.71. The van der Waals surface area contributed by atoms with Crippen LogP contribution >= 0.6 is 11.3 Å². The van der Waals surface area contributed by atoms with Gasteiger partial charge in [-0.15, -0.1) is 16.5 Å². The predicted octanol–water partition coefficient (Wildman–Crippen LogP) is 6.73. The maximum Gasteiger partial charge on any atom is 0.269 e. The number of nitro benzene ring substituents is 1. The molecule has 1 heterocycles. The first-order valence-corrected chi connectivity index (χ1v) is 10.4. The van der Waals surface area contributed by atoms with E-state index in [-0.39, 0.29) is 11.4 Å². The Balaban J connectivity index is 1.53. The van der Waals surface area contributed by atoms with Gasteiger partial charge in [0.05, 0.1) is 20.8 Å². The Morgan fingerprint density at radius 1 is 0.969 bits per heavy atom. The molecule has 5 aromatic rings. The largest absolute Gasteiger partial charge is 0.505 e. The van der Waals surface area contributed by atoms with Gasteiger partial charge in [0.15, 0.2) is 5.75 Å². The van der Waals surface area contributed by atoms with Crippen LogP contribution < -0.4 is 5.73 Å². The number of rotatable bonds is 4.